The van der Waals surface area contributed by atoms with Crippen molar-refractivity contribution in [3.63, 3.8) is 0 Å². The summed E-state index contributed by atoms with van der Waals surface area (Å²) in [5.41, 5.74) is 0. The van der Waals surface area contributed by atoms with Gasteiger partial charge in [-0.2, -0.15) is 0 Å². The highest BCUT2D eigenvalue weighted by molar-refractivity contribution is 4.60. The molecule has 0 amide bonds. The zero-order valence-electron chi connectivity index (χ0n) is 13.4. The summed E-state index contributed by atoms with van der Waals surface area (Å²) in [6.07, 6.45) is 3.68. The molecule has 0 aliphatic carbocycles. The number of ether oxygens (including phenoxy) is 2. The van der Waals surface area contributed by atoms with Crippen molar-refractivity contribution in [2.24, 2.45) is 5.92 Å². The van der Waals surface area contributed by atoms with E-state index in [0.29, 0.717) is 0 Å². The molecule has 19 heavy (non-hydrogen) atoms. The molecule has 0 saturated heterocycles. The van der Waals surface area contributed by atoms with E-state index in [1.54, 1.807) is 14.2 Å². The Hall–Kier alpha value is -0.160. The normalized spacial score (nSPS) is 11.7. The number of rotatable bonds is 14. The van der Waals surface area contributed by atoms with Crippen LogP contribution in [0.15, 0.2) is 0 Å². The third-order valence-corrected chi connectivity index (χ3v) is 3.17. The summed E-state index contributed by atoms with van der Waals surface area (Å²) >= 11 is 0. The summed E-state index contributed by atoms with van der Waals surface area (Å²) in [7, 11) is 3.52. The molecular formula is C15H34N2O2. The van der Waals surface area contributed by atoms with Crippen LogP contribution >= 0.6 is 0 Å². The fourth-order valence-corrected chi connectivity index (χ4v) is 1.99. The monoisotopic (exact) mass is 274 g/mol. The smallest absolute Gasteiger partial charge is 0.0589 e. The van der Waals surface area contributed by atoms with Crippen LogP contribution < -0.4 is 5.32 Å². The molecule has 0 saturated carbocycles. The first-order valence-electron chi connectivity index (χ1n) is 7.61. The zero-order valence-corrected chi connectivity index (χ0v) is 13.4. The van der Waals surface area contributed by atoms with E-state index in [-0.39, 0.29) is 0 Å². The van der Waals surface area contributed by atoms with Gasteiger partial charge in [-0.1, -0.05) is 13.8 Å². The lowest BCUT2D eigenvalue weighted by Crippen LogP contribution is -2.35. The molecule has 0 unspecified atom stereocenters. The van der Waals surface area contributed by atoms with Crippen molar-refractivity contribution in [3.8, 4) is 0 Å². The Bertz CT molecular complexity index is 178. The van der Waals surface area contributed by atoms with Crippen molar-refractivity contribution in [3.05, 3.63) is 0 Å². The third kappa shape index (κ3) is 14.1. The van der Waals surface area contributed by atoms with E-state index in [4.69, 9.17) is 9.47 Å². The molecule has 0 atom stereocenters. The fraction of sp³-hybridized carbons (Fsp3) is 1.00. The zero-order chi connectivity index (χ0) is 14.3. The largest absolute Gasteiger partial charge is 0.385 e. The van der Waals surface area contributed by atoms with Gasteiger partial charge >= 0.3 is 0 Å². The maximum atomic E-state index is 5.16. The minimum atomic E-state index is 0.806. The predicted molar refractivity (Wildman–Crippen MR) is 81.8 cm³/mol. The van der Waals surface area contributed by atoms with Crippen LogP contribution in [0.1, 0.15) is 33.1 Å². The summed E-state index contributed by atoms with van der Waals surface area (Å²) in [6.45, 7) is 11.6. The average Bonchev–Trinajstić information content (AvgIpc) is 2.39. The Morgan fingerprint density at radius 2 is 1.63 bits per heavy atom. The SMILES string of the molecule is COCCCN(CCNCCCC(C)C)CCOC. The molecule has 1 N–H and O–H groups in total. The van der Waals surface area contributed by atoms with Gasteiger partial charge in [-0.3, -0.25) is 4.90 Å². The Morgan fingerprint density at radius 1 is 0.895 bits per heavy atom. The summed E-state index contributed by atoms with van der Waals surface area (Å²) in [5, 5.41) is 3.52. The standard InChI is InChI=1S/C15H34N2O2/c1-15(2)7-5-8-16-9-11-17(12-14-19-4)10-6-13-18-3/h15-16H,5-14H2,1-4H3. The topological polar surface area (TPSA) is 33.7 Å². The van der Waals surface area contributed by atoms with Crippen LogP contribution in [0.25, 0.3) is 0 Å². The molecule has 4 heteroatoms. The quantitative estimate of drug-likeness (QED) is 0.491. The molecule has 0 aromatic carbocycles. The molecule has 0 rings (SSSR count). The third-order valence-electron chi connectivity index (χ3n) is 3.17. The minimum absolute atomic E-state index is 0.806. The van der Waals surface area contributed by atoms with Gasteiger partial charge in [0, 0.05) is 47.0 Å². The van der Waals surface area contributed by atoms with Crippen LogP contribution in [0, 0.1) is 5.92 Å². The Balaban J connectivity index is 3.54. The van der Waals surface area contributed by atoms with Gasteiger partial charge in [0.1, 0.15) is 0 Å². The van der Waals surface area contributed by atoms with E-state index >= 15 is 0 Å². The first kappa shape index (κ1) is 18.8. The van der Waals surface area contributed by atoms with E-state index < -0.39 is 0 Å². The maximum absolute atomic E-state index is 5.16. The van der Waals surface area contributed by atoms with Crippen molar-refractivity contribution in [2.75, 3.05) is 60.2 Å². The van der Waals surface area contributed by atoms with Crippen molar-refractivity contribution in [1.82, 2.24) is 10.2 Å². The molecule has 0 spiro atoms. The minimum Gasteiger partial charge on any atom is -0.385 e. The van der Waals surface area contributed by atoms with Crippen molar-refractivity contribution in [1.29, 1.82) is 0 Å². The summed E-state index contributed by atoms with van der Waals surface area (Å²) in [4.78, 5) is 2.44. The Morgan fingerprint density at radius 3 is 2.26 bits per heavy atom. The highest BCUT2D eigenvalue weighted by atomic mass is 16.5. The molecule has 4 nitrogen and oxygen atoms in total. The van der Waals surface area contributed by atoms with Gasteiger partial charge in [-0.05, 0) is 31.7 Å². The van der Waals surface area contributed by atoms with Crippen LogP contribution in [0.2, 0.25) is 0 Å². The van der Waals surface area contributed by atoms with Crippen LogP contribution in [-0.4, -0.2) is 65.1 Å². The summed E-state index contributed by atoms with van der Waals surface area (Å²) in [6, 6.07) is 0. The lowest BCUT2D eigenvalue weighted by atomic mass is 10.1. The molecule has 0 aliphatic rings. The van der Waals surface area contributed by atoms with Crippen LogP contribution in [0.4, 0.5) is 0 Å². The number of hydrogen-bond acceptors (Lipinski definition) is 4. The molecule has 116 valence electrons. The van der Waals surface area contributed by atoms with Gasteiger partial charge in [-0.25, -0.2) is 0 Å². The number of methoxy groups -OCH3 is 2. The van der Waals surface area contributed by atoms with E-state index in [9.17, 15) is 0 Å². The van der Waals surface area contributed by atoms with Gasteiger partial charge < -0.3 is 14.8 Å². The second kappa shape index (κ2) is 14.3. The highest BCUT2D eigenvalue weighted by Gasteiger charge is 2.04. The second-order valence-corrected chi connectivity index (χ2v) is 5.47. The van der Waals surface area contributed by atoms with Gasteiger partial charge in [0.15, 0.2) is 0 Å². The summed E-state index contributed by atoms with van der Waals surface area (Å²) in [5.74, 6) is 0.814. The van der Waals surface area contributed by atoms with Gasteiger partial charge in [0.25, 0.3) is 0 Å². The molecule has 0 aromatic heterocycles. The van der Waals surface area contributed by atoms with E-state index in [1.807, 2.05) is 0 Å². The molecule has 0 bridgehead atoms. The molecule has 0 aliphatic heterocycles. The molecular weight excluding hydrogens is 240 g/mol. The maximum Gasteiger partial charge on any atom is 0.0589 e. The van der Waals surface area contributed by atoms with Crippen molar-refractivity contribution >= 4 is 0 Å². The van der Waals surface area contributed by atoms with Crippen molar-refractivity contribution < 1.29 is 9.47 Å². The van der Waals surface area contributed by atoms with Crippen molar-refractivity contribution in [2.45, 2.75) is 33.1 Å². The van der Waals surface area contributed by atoms with Crippen LogP contribution in [-0.2, 0) is 9.47 Å². The Labute approximate surface area is 119 Å². The lowest BCUT2D eigenvalue weighted by molar-refractivity contribution is 0.133. The predicted octanol–water partition coefficient (Wildman–Crippen LogP) is 2.00. The molecule has 0 aromatic rings. The fourth-order valence-electron chi connectivity index (χ4n) is 1.99. The Kier molecular flexibility index (Phi) is 14.1. The second-order valence-electron chi connectivity index (χ2n) is 5.47. The lowest BCUT2D eigenvalue weighted by Gasteiger charge is -2.22. The number of nitrogens with zero attached hydrogens (tertiary/aromatic N) is 1. The molecule has 0 fully saturated rings. The summed E-state index contributed by atoms with van der Waals surface area (Å²) < 4.78 is 10.3. The molecule has 0 heterocycles. The first-order valence-corrected chi connectivity index (χ1v) is 7.61. The first-order chi connectivity index (χ1) is 9.20. The average molecular weight is 274 g/mol. The van der Waals surface area contributed by atoms with E-state index in [2.05, 4.69) is 24.1 Å². The van der Waals surface area contributed by atoms with Gasteiger partial charge in [-0.15, -0.1) is 0 Å². The van der Waals surface area contributed by atoms with Gasteiger partial charge in [0.05, 0.1) is 6.61 Å². The number of nitrogens with one attached hydrogen (secondary N) is 1. The number of hydrogen-bond donors (Lipinski definition) is 1. The van der Waals surface area contributed by atoms with Crippen LogP contribution in [0.5, 0.6) is 0 Å². The highest BCUT2D eigenvalue weighted by Crippen LogP contribution is 2.01. The molecule has 0 radical (unpaired) electrons. The van der Waals surface area contributed by atoms with E-state index in [0.717, 1.165) is 58.3 Å². The van der Waals surface area contributed by atoms with Crippen LogP contribution in [0.3, 0.4) is 0 Å². The van der Waals surface area contributed by atoms with Gasteiger partial charge in [0.2, 0.25) is 0 Å². The van der Waals surface area contributed by atoms with E-state index in [1.165, 1.54) is 12.8 Å².